The molecule has 1 aromatic heterocycles. The fourth-order valence-electron chi connectivity index (χ4n) is 3.12. The van der Waals surface area contributed by atoms with Crippen molar-refractivity contribution in [1.82, 2.24) is 0 Å². The molecular weight excluding hydrogens is 458 g/mol. The van der Waals surface area contributed by atoms with Crippen molar-refractivity contribution in [1.29, 1.82) is 0 Å². The van der Waals surface area contributed by atoms with E-state index in [1.807, 2.05) is 24.3 Å². The van der Waals surface area contributed by atoms with Gasteiger partial charge in [-0.2, -0.15) is 0 Å². The Hall–Kier alpha value is -2.59. The van der Waals surface area contributed by atoms with E-state index in [0.29, 0.717) is 34.5 Å². The molecule has 1 aliphatic heterocycles. The third-order valence-electron chi connectivity index (χ3n) is 4.71. The summed E-state index contributed by atoms with van der Waals surface area (Å²) in [5.41, 5.74) is 2.54. The van der Waals surface area contributed by atoms with E-state index in [2.05, 4.69) is 14.9 Å². The number of ether oxygens (including phenoxy) is 1. The maximum atomic E-state index is 12.5. The van der Waals surface area contributed by atoms with Gasteiger partial charge in [0, 0.05) is 35.7 Å². The largest absolute Gasteiger partial charge is 0.378 e. The third-order valence-corrected chi connectivity index (χ3v) is 7.82. The molecule has 2 heterocycles. The van der Waals surface area contributed by atoms with Gasteiger partial charge >= 0.3 is 0 Å². The van der Waals surface area contributed by atoms with Gasteiger partial charge in [-0.05, 0) is 60.7 Å². The van der Waals surface area contributed by atoms with Crippen LogP contribution in [0.15, 0.2) is 64.9 Å². The van der Waals surface area contributed by atoms with E-state index in [1.54, 1.807) is 24.3 Å². The molecule has 1 saturated heterocycles. The predicted octanol–water partition coefficient (Wildman–Crippen LogP) is 4.29. The number of hydrogen-bond acceptors (Lipinski definition) is 6. The Bertz CT molecular complexity index is 1160. The molecule has 0 saturated carbocycles. The van der Waals surface area contributed by atoms with Crippen molar-refractivity contribution in [2.45, 2.75) is 4.21 Å². The summed E-state index contributed by atoms with van der Waals surface area (Å²) in [4.78, 5) is 14.8. The van der Waals surface area contributed by atoms with E-state index in [4.69, 9.17) is 16.3 Å². The van der Waals surface area contributed by atoms with Gasteiger partial charge in [-0.3, -0.25) is 9.52 Å². The van der Waals surface area contributed by atoms with Crippen molar-refractivity contribution in [2.75, 3.05) is 41.2 Å². The first kappa shape index (κ1) is 21.6. The summed E-state index contributed by atoms with van der Waals surface area (Å²) in [5, 5.41) is 2.85. The number of benzene rings is 2. The molecule has 4 rings (SSSR count). The molecular formula is C21H20ClN3O4S2. The van der Waals surface area contributed by atoms with Gasteiger partial charge in [0.1, 0.15) is 4.21 Å². The van der Waals surface area contributed by atoms with Gasteiger partial charge in [0.15, 0.2) is 0 Å². The van der Waals surface area contributed by atoms with E-state index in [-0.39, 0.29) is 10.1 Å². The number of nitrogens with one attached hydrogen (secondary N) is 2. The SMILES string of the molecule is O=C(Nc1ccc(N2CCOCC2)cc1)c1ccc(NS(=O)(=O)c2ccc(Cl)s2)cc1. The molecule has 162 valence electrons. The van der Waals surface area contributed by atoms with Gasteiger partial charge in [0.25, 0.3) is 15.9 Å². The minimum absolute atomic E-state index is 0.125. The number of nitrogens with zero attached hydrogens (tertiary/aromatic N) is 1. The number of amides is 1. The highest BCUT2D eigenvalue weighted by atomic mass is 35.5. The van der Waals surface area contributed by atoms with Crippen LogP contribution < -0.4 is 14.9 Å². The Labute approximate surface area is 189 Å². The highest BCUT2D eigenvalue weighted by Gasteiger charge is 2.17. The molecule has 7 nitrogen and oxygen atoms in total. The summed E-state index contributed by atoms with van der Waals surface area (Å²) in [6.07, 6.45) is 0. The lowest BCUT2D eigenvalue weighted by Gasteiger charge is -2.28. The van der Waals surface area contributed by atoms with Crippen LogP contribution in [0.1, 0.15) is 10.4 Å². The first-order valence-corrected chi connectivity index (χ1v) is 12.2. The summed E-state index contributed by atoms with van der Waals surface area (Å²) in [5.74, 6) is -0.279. The molecule has 10 heteroatoms. The minimum atomic E-state index is -3.72. The number of carbonyl (C=O) groups excluding carboxylic acids is 1. The lowest BCUT2D eigenvalue weighted by Crippen LogP contribution is -2.36. The van der Waals surface area contributed by atoms with Crippen LogP contribution in [-0.4, -0.2) is 40.6 Å². The molecule has 0 bridgehead atoms. The summed E-state index contributed by atoms with van der Waals surface area (Å²) >= 11 is 6.79. The molecule has 31 heavy (non-hydrogen) atoms. The Morgan fingerprint density at radius 1 is 0.935 bits per heavy atom. The number of hydrogen-bond donors (Lipinski definition) is 2. The highest BCUT2D eigenvalue weighted by Crippen LogP contribution is 2.27. The zero-order valence-electron chi connectivity index (χ0n) is 16.4. The Balaban J connectivity index is 1.38. The number of thiophene rings is 1. The van der Waals surface area contributed by atoms with Gasteiger partial charge in [-0.15, -0.1) is 11.3 Å². The van der Waals surface area contributed by atoms with Gasteiger partial charge in [0.2, 0.25) is 0 Å². The van der Waals surface area contributed by atoms with Crippen molar-refractivity contribution >= 4 is 55.9 Å². The summed E-state index contributed by atoms with van der Waals surface area (Å²) < 4.78 is 33.1. The number of sulfonamides is 1. The monoisotopic (exact) mass is 477 g/mol. The average Bonchev–Trinajstić information content (AvgIpc) is 3.22. The average molecular weight is 478 g/mol. The normalized spacial score (nSPS) is 14.3. The number of morpholine rings is 1. The zero-order valence-corrected chi connectivity index (χ0v) is 18.8. The van der Waals surface area contributed by atoms with Crippen molar-refractivity contribution in [3.8, 4) is 0 Å². The Morgan fingerprint density at radius 3 is 2.19 bits per heavy atom. The number of rotatable bonds is 6. The van der Waals surface area contributed by atoms with Gasteiger partial charge < -0.3 is 15.0 Å². The summed E-state index contributed by atoms with van der Waals surface area (Å²) in [6.45, 7) is 3.13. The van der Waals surface area contributed by atoms with Gasteiger partial charge in [-0.25, -0.2) is 8.42 Å². The molecule has 1 fully saturated rings. The van der Waals surface area contributed by atoms with E-state index in [9.17, 15) is 13.2 Å². The van der Waals surface area contributed by atoms with Crippen molar-refractivity contribution in [2.24, 2.45) is 0 Å². The lowest BCUT2D eigenvalue weighted by molar-refractivity contribution is 0.102. The lowest BCUT2D eigenvalue weighted by atomic mass is 10.2. The number of anilines is 3. The van der Waals surface area contributed by atoms with Crippen molar-refractivity contribution in [3.05, 3.63) is 70.6 Å². The zero-order chi connectivity index (χ0) is 21.8. The first-order valence-electron chi connectivity index (χ1n) is 9.53. The van der Waals surface area contributed by atoms with E-state index < -0.39 is 10.0 Å². The molecule has 2 aromatic carbocycles. The second-order valence-electron chi connectivity index (χ2n) is 6.84. The van der Waals surface area contributed by atoms with Crippen LogP contribution in [0.3, 0.4) is 0 Å². The fourth-order valence-corrected chi connectivity index (χ4v) is 5.66. The quantitative estimate of drug-likeness (QED) is 0.553. The third kappa shape index (κ3) is 5.37. The molecule has 2 N–H and O–H groups in total. The Kier molecular flexibility index (Phi) is 6.47. The van der Waals surface area contributed by atoms with Gasteiger partial charge in [-0.1, -0.05) is 11.6 Å². The molecule has 0 aliphatic carbocycles. The maximum absolute atomic E-state index is 12.5. The molecule has 0 spiro atoms. The number of carbonyl (C=O) groups is 1. The van der Waals surface area contributed by atoms with E-state index in [0.717, 1.165) is 30.1 Å². The van der Waals surface area contributed by atoms with E-state index in [1.165, 1.54) is 12.1 Å². The molecule has 1 aliphatic rings. The molecule has 1 amide bonds. The minimum Gasteiger partial charge on any atom is -0.378 e. The highest BCUT2D eigenvalue weighted by molar-refractivity contribution is 7.94. The molecule has 0 atom stereocenters. The molecule has 3 aromatic rings. The van der Waals surface area contributed by atoms with Crippen LogP contribution in [0.4, 0.5) is 17.1 Å². The fraction of sp³-hybridized carbons (Fsp3) is 0.190. The van der Waals surface area contributed by atoms with Crippen LogP contribution in [0.2, 0.25) is 4.34 Å². The first-order chi connectivity index (χ1) is 14.9. The maximum Gasteiger partial charge on any atom is 0.271 e. The van der Waals surface area contributed by atoms with Crippen LogP contribution in [0, 0.1) is 0 Å². The van der Waals surface area contributed by atoms with E-state index >= 15 is 0 Å². The topological polar surface area (TPSA) is 87.7 Å². The van der Waals surface area contributed by atoms with Crippen molar-refractivity contribution < 1.29 is 17.9 Å². The van der Waals surface area contributed by atoms with Crippen molar-refractivity contribution in [3.63, 3.8) is 0 Å². The smallest absolute Gasteiger partial charge is 0.271 e. The van der Waals surface area contributed by atoms with Gasteiger partial charge in [0.05, 0.1) is 17.6 Å². The summed E-state index contributed by atoms with van der Waals surface area (Å²) in [6, 6.07) is 16.9. The second kappa shape index (κ2) is 9.27. The standard InChI is InChI=1S/C21H20ClN3O4S2/c22-19-9-10-20(30-19)31(27,28)24-17-3-1-15(2-4-17)21(26)23-16-5-7-18(8-6-16)25-11-13-29-14-12-25/h1-10,24H,11-14H2,(H,23,26). The molecule has 0 unspecified atom stereocenters. The second-order valence-corrected chi connectivity index (χ2v) is 10.5. The van der Waals surface area contributed by atoms with Crippen LogP contribution in [-0.2, 0) is 14.8 Å². The number of halogens is 1. The predicted molar refractivity (Wildman–Crippen MR) is 124 cm³/mol. The summed E-state index contributed by atoms with van der Waals surface area (Å²) in [7, 11) is -3.72. The van der Waals surface area contributed by atoms with Crippen LogP contribution in [0.5, 0.6) is 0 Å². The molecule has 0 radical (unpaired) electrons. The Morgan fingerprint density at radius 2 is 1.58 bits per heavy atom. The van der Waals surface area contributed by atoms with Crippen LogP contribution in [0.25, 0.3) is 0 Å². The van der Waals surface area contributed by atoms with Crippen LogP contribution >= 0.6 is 22.9 Å².